The highest BCUT2D eigenvalue weighted by molar-refractivity contribution is 6.30. The number of carbonyl (C=O) groups excluding carboxylic acids is 1. The number of fused-ring (bicyclic) bond motifs is 1. The predicted molar refractivity (Wildman–Crippen MR) is 89.3 cm³/mol. The molecular formula is C15H14Cl2N4O. The van der Waals surface area contributed by atoms with Crippen molar-refractivity contribution in [2.45, 2.75) is 6.54 Å². The van der Waals surface area contributed by atoms with E-state index in [1.54, 1.807) is 23.9 Å². The highest BCUT2D eigenvalue weighted by Crippen LogP contribution is 2.25. The van der Waals surface area contributed by atoms with Crippen LogP contribution in [0, 0.1) is 0 Å². The summed E-state index contributed by atoms with van der Waals surface area (Å²) in [4.78, 5) is 20.7. The molecule has 0 aliphatic rings. The van der Waals surface area contributed by atoms with Crippen LogP contribution < -0.4 is 5.32 Å². The van der Waals surface area contributed by atoms with Crippen LogP contribution in [0.2, 0.25) is 5.02 Å². The molecule has 1 aromatic carbocycles. The van der Waals surface area contributed by atoms with Gasteiger partial charge in [-0.05, 0) is 24.3 Å². The molecule has 1 N–H and O–H groups in total. The maximum atomic E-state index is 11.8. The van der Waals surface area contributed by atoms with Crippen LogP contribution in [-0.4, -0.2) is 27.5 Å². The maximum absolute atomic E-state index is 11.8. The second kappa shape index (κ2) is 6.77. The van der Waals surface area contributed by atoms with Crippen LogP contribution in [0.3, 0.4) is 0 Å². The zero-order valence-corrected chi connectivity index (χ0v) is 13.4. The topological polar surface area (TPSA) is 59.8 Å². The van der Waals surface area contributed by atoms with Crippen molar-refractivity contribution in [2.24, 2.45) is 0 Å². The molecule has 2 aromatic heterocycles. The Morgan fingerprint density at radius 2 is 2.14 bits per heavy atom. The van der Waals surface area contributed by atoms with Crippen LogP contribution in [0.25, 0.3) is 22.6 Å². The van der Waals surface area contributed by atoms with Gasteiger partial charge in [0.2, 0.25) is 5.91 Å². The molecule has 5 nitrogen and oxygen atoms in total. The standard InChI is InChI=1S/C15H13ClN4O.ClH/c1-17-13(21)9-20-14(10-4-2-5-11(16)8-10)19-12-6-3-7-18-15(12)20;/h2-8H,9H2,1H3,(H,17,21);1H. The first-order valence-corrected chi connectivity index (χ1v) is 6.84. The van der Waals surface area contributed by atoms with Gasteiger partial charge in [-0.2, -0.15) is 0 Å². The lowest BCUT2D eigenvalue weighted by Crippen LogP contribution is -2.24. The summed E-state index contributed by atoms with van der Waals surface area (Å²) in [5.41, 5.74) is 2.27. The zero-order valence-electron chi connectivity index (χ0n) is 11.8. The molecule has 0 spiro atoms. The molecule has 7 heteroatoms. The maximum Gasteiger partial charge on any atom is 0.239 e. The molecule has 0 aliphatic carbocycles. The van der Waals surface area contributed by atoms with Gasteiger partial charge in [-0.1, -0.05) is 23.7 Å². The van der Waals surface area contributed by atoms with Gasteiger partial charge >= 0.3 is 0 Å². The van der Waals surface area contributed by atoms with Crippen LogP contribution >= 0.6 is 24.0 Å². The first kappa shape index (κ1) is 16.3. The summed E-state index contributed by atoms with van der Waals surface area (Å²) < 4.78 is 1.79. The Bertz CT molecular complexity index is 816. The summed E-state index contributed by atoms with van der Waals surface area (Å²) >= 11 is 6.05. The first-order chi connectivity index (χ1) is 10.2. The normalized spacial score (nSPS) is 10.3. The van der Waals surface area contributed by atoms with Crippen molar-refractivity contribution in [3.05, 3.63) is 47.6 Å². The molecule has 114 valence electrons. The summed E-state index contributed by atoms with van der Waals surface area (Å²) in [7, 11) is 1.61. The number of benzene rings is 1. The monoisotopic (exact) mass is 336 g/mol. The molecule has 0 unspecified atom stereocenters. The molecule has 0 saturated heterocycles. The van der Waals surface area contributed by atoms with Crippen LogP contribution in [0.1, 0.15) is 0 Å². The van der Waals surface area contributed by atoms with Gasteiger partial charge in [0.1, 0.15) is 17.9 Å². The molecule has 22 heavy (non-hydrogen) atoms. The van der Waals surface area contributed by atoms with Crippen molar-refractivity contribution in [2.75, 3.05) is 7.05 Å². The number of nitrogens with one attached hydrogen (secondary N) is 1. The Morgan fingerprint density at radius 3 is 2.86 bits per heavy atom. The molecule has 0 fully saturated rings. The number of hydrogen-bond acceptors (Lipinski definition) is 3. The summed E-state index contributed by atoms with van der Waals surface area (Å²) in [6, 6.07) is 11.1. The second-order valence-corrected chi connectivity index (χ2v) is 4.99. The number of pyridine rings is 1. The first-order valence-electron chi connectivity index (χ1n) is 6.47. The summed E-state index contributed by atoms with van der Waals surface area (Å²) in [6.45, 7) is 0.159. The average Bonchev–Trinajstić information content (AvgIpc) is 2.86. The average molecular weight is 337 g/mol. The van der Waals surface area contributed by atoms with E-state index in [9.17, 15) is 4.79 Å². The fourth-order valence-electron chi connectivity index (χ4n) is 2.18. The van der Waals surface area contributed by atoms with Crippen molar-refractivity contribution in [3.63, 3.8) is 0 Å². The summed E-state index contributed by atoms with van der Waals surface area (Å²) in [6.07, 6.45) is 1.69. The second-order valence-electron chi connectivity index (χ2n) is 4.55. The Kier molecular flexibility index (Phi) is 5.00. The van der Waals surface area contributed by atoms with Crippen LogP contribution in [0.4, 0.5) is 0 Å². The number of amides is 1. The summed E-state index contributed by atoms with van der Waals surface area (Å²) in [5.74, 6) is 0.568. The Morgan fingerprint density at radius 1 is 1.32 bits per heavy atom. The summed E-state index contributed by atoms with van der Waals surface area (Å²) in [5, 5.41) is 3.24. The quantitative estimate of drug-likeness (QED) is 0.799. The molecular weight excluding hydrogens is 323 g/mol. The van der Waals surface area contributed by atoms with Crippen LogP contribution in [0.15, 0.2) is 42.6 Å². The van der Waals surface area contributed by atoms with Gasteiger partial charge in [0.05, 0.1) is 0 Å². The molecule has 0 radical (unpaired) electrons. The van der Waals surface area contributed by atoms with Crippen molar-refractivity contribution in [1.29, 1.82) is 0 Å². The highest BCUT2D eigenvalue weighted by Gasteiger charge is 2.15. The number of imidazole rings is 1. The van der Waals surface area contributed by atoms with E-state index in [0.717, 1.165) is 11.1 Å². The predicted octanol–water partition coefficient (Wildman–Crippen LogP) is 2.92. The van der Waals surface area contributed by atoms with E-state index in [2.05, 4.69) is 15.3 Å². The molecule has 3 rings (SSSR count). The number of hydrogen-bond donors (Lipinski definition) is 1. The van der Waals surface area contributed by atoms with Crippen LogP contribution in [0.5, 0.6) is 0 Å². The van der Waals surface area contributed by atoms with E-state index in [1.807, 2.05) is 30.3 Å². The van der Waals surface area contributed by atoms with Gasteiger partial charge in [0, 0.05) is 23.8 Å². The molecule has 1 amide bonds. The van der Waals surface area contributed by atoms with Gasteiger partial charge in [0.25, 0.3) is 0 Å². The van der Waals surface area contributed by atoms with Crippen molar-refractivity contribution >= 4 is 41.1 Å². The van der Waals surface area contributed by atoms with Crippen molar-refractivity contribution in [3.8, 4) is 11.4 Å². The number of rotatable bonds is 3. The van der Waals surface area contributed by atoms with Crippen LogP contribution in [-0.2, 0) is 11.3 Å². The fourth-order valence-corrected chi connectivity index (χ4v) is 2.37. The lowest BCUT2D eigenvalue weighted by atomic mass is 10.2. The third kappa shape index (κ3) is 3.05. The third-order valence-corrected chi connectivity index (χ3v) is 3.40. The SMILES string of the molecule is CNC(=O)Cn1c(-c2cccc(Cl)c2)nc2cccnc21.Cl. The number of carbonyl (C=O) groups is 1. The van der Waals surface area contributed by atoms with Gasteiger partial charge in [-0.15, -0.1) is 12.4 Å². The van der Waals surface area contributed by atoms with E-state index in [1.165, 1.54) is 0 Å². The lowest BCUT2D eigenvalue weighted by Gasteiger charge is -2.08. The molecule has 0 aliphatic heterocycles. The van der Waals surface area contributed by atoms with E-state index >= 15 is 0 Å². The Balaban J connectivity index is 0.00000176. The van der Waals surface area contributed by atoms with Gasteiger partial charge in [-0.3, -0.25) is 9.36 Å². The molecule has 2 heterocycles. The number of likely N-dealkylation sites (N-methyl/N-ethyl adjacent to an activating group) is 1. The number of aromatic nitrogens is 3. The van der Waals surface area contributed by atoms with Crippen molar-refractivity contribution in [1.82, 2.24) is 19.9 Å². The molecule has 0 atom stereocenters. The van der Waals surface area contributed by atoms with Gasteiger partial charge in [-0.25, -0.2) is 9.97 Å². The minimum Gasteiger partial charge on any atom is -0.358 e. The number of nitrogens with zero attached hydrogens (tertiary/aromatic N) is 3. The smallest absolute Gasteiger partial charge is 0.239 e. The fraction of sp³-hybridized carbons (Fsp3) is 0.133. The largest absolute Gasteiger partial charge is 0.358 e. The van der Waals surface area contributed by atoms with Crippen molar-refractivity contribution < 1.29 is 4.79 Å². The Labute approximate surface area is 138 Å². The molecule has 0 bridgehead atoms. The third-order valence-electron chi connectivity index (χ3n) is 3.17. The lowest BCUT2D eigenvalue weighted by molar-refractivity contribution is -0.121. The van der Waals surface area contributed by atoms with Gasteiger partial charge < -0.3 is 5.32 Å². The van der Waals surface area contributed by atoms with E-state index in [4.69, 9.17) is 11.6 Å². The molecule has 3 aromatic rings. The van der Waals surface area contributed by atoms with E-state index in [-0.39, 0.29) is 24.9 Å². The number of halogens is 2. The minimum absolute atomic E-state index is 0. The van der Waals surface area contributed by atoms with E-state index in [0.29, 0.717) is 16.5 Å². The van der Waals surface area contributed by atoms with E-state index < -0.39 is 0 Å². The highest BCUT2D eigenvalue weighted by atomic mass is 35.5. The molecule has 0 saturated carbocycles. The van der Waals surface area contributed by atoms with Gasteiger partial charge in [0.15, 0.2) is 5.65 Å². The Hall–Kier alpha value is -2.11. The minimum atomic E-state index is -0.108. The zero-order chi connectivity index (χ0) is 14.8.